The molecule has 0 bridgehead atoms. The number of rotatable bonds is 4. The van der Waals surface area contributed by atoms with Gasteiger partial charge in [0.05, 0.1) is 23.1 Å². The van der Waals surface area contributed by atoms with Gasteiger partial charge in [0, 0.05) is 29.3 Å². The van der Waals surface area contributed by atoms with Gasteiger partial charge in [0.1, 0.15) is 23.2 Å². The second-order valence-corrected chi connectivity index (χ2v) is 8.00. The second kappa shape index (κ2) is 9.92. The van der Waals surface area contributed by atoms with Crippen LogP contribution in [-0.4, -0.2) is 28.3 Å². The van der Waals surface area contributed by atoms with Crippen molar-refractivity contribution in [2.24, 2.45) is 5.16 Å². The molecule has 0 radical (unpaired) electrons. The third kappa shape index (κ3) is 5.26. The first-order chi connectivity index (χ1) is 15.7. The number of aromatic nitrogens is 2. The summed E-state index contributed by atoms with van der Waals surface area (Å²) in [6.07, 6.45) is 4.50. The van der Waals surface area contributed by atoms with Crippen LogP contribution >= 0.6 is 11.6 Å². The van der Waals surface area contributed by atoms with Gasteiger partial charge >= 0.3 is 0 Å². The molecule has 3 aromatic rings. The van der Waals surface area contributed by atoms with E-state index < -0.39 is 17.2 Å². The molecule has 0 spiro atoms. The average molecular weight is 469 g/mol. The summed E-state index contributed by atoms with van der Waals surface area (Å²) in [6.45, 7) is 11.2. The summed E-state index contributed by atoms with van der Waals surface area (Å²) in [5.41, 5.74) is 3.38. The van der Waals surface area contributed by atoms with Crippen molar-refractivity contribution in [3.8, 4) is 11.3 Å². The molecular formula is C25H23ClF2N4O. The van der Waals surface area contributed by atoms with E-state index in [0.29, 0.717) is 16.5 Å². The molecule has 1 aliphatic heterocycles. The van der Waals surface area contributed by atoms with Crippen LogP contribution in [0.2, 0.25) is 5.02 Å². The summed E-state index contributed by atoms with van der Waals surface area (Å²) in [5.74, 6) is -0.449. The topological polar surface area (TPSA) is 59.4 Å². The molecule has 2 heterocycles. The highest BCUT2D eigenvalue weighted by atomic mass is 35.5. The van der Waals surface area contributed by atoms with Crippen LogP contribution in [0.5, 0.6) is 0 Å². The number of oxime groups is 1. The fraction of sp³-hybridized carbons (Fsp3) is 0.160. The van der Waals surface area contributed by atoms with Gasteiger partial charge in [-0.05, 0) is 38.1 Å². The molecule has 4 rings (SSSR count). The monoisotopic (exact) mass is 468 g/mol. The summed E-state index contributed by atoms with van der Waals surface area (Å²) in [5, 5.41) is 7.70. The quantitative estimate of drug-likeness (QED) is 0.473. The summed E-state index contributed by atoms with van der Waals surface area (Å²) in [4.78, 5) is 14.1. The van der Waals surface area contributed by atoms with Crippen LogP contribution < -0.4 is 5.32 Å². The molecule has 5 nitrogen and oxygen atoms in total. The Labute approximate surface area is 196 Å². The lowest BCUT2D eigenvalue weighted by atomic mass is 9.91. The van der Waals surface area contributed by atoms with Gasteiger partial charge in [-0.25, -0.2) is 13.8 Å². The van der Waals surface area contributed by atoms with E-state index in [1.54, 1.807) is 19.4 Å². The molecular weight excluding hydrogens is 446 g/mol. The Balaban J connectivity index is 0.000000257. The number of nitrogens with zero attached hydrogens (tertiary/aromatic N) is 3. The number of nitrogens with one attached hydrogen (secondary N) is 1. The maximum Gasteiger partial charge on any atom is 0.158 e. The van der Waals surface area contributed by atoms with Crippen LogP contribution in [0.25, 0.3) is 17.3 Å². The maximum atomic E-state index is 12.5. The van der Waals surface area contributed by atoms with Crippen molar-refractivity contribution < 1.29 is 13.6 Å². The van der Waals surface area contributed by atoms with Gasteiger partial charge < -0.3 is 10.2 Å². The third-order valence-electron chi connectivity index (χ3n) is 5.01. The van der Waals surface area contributed by atoms with Crippen molar-refractivity contribution in [2.75, 3.05) is 12.4 Å². The van der Waals surface area contributed by atoms with Crippen molar-refractivity contribution >= 4 is 29.2 Å². The Morgan fingerprint density at radius 2 is 1.79 bits per heavy atom. The number of halogens is 3. The van der Waals surface area contributed by atoms with Crippen molar-refractivity contribution in [3.05, 3.63) is 95.3 Å². The molecule has 0 saturated heterocycles. The molecule has 0 unspecified atom stereocenters. The Bertz CT molecular complexity index is 1200. The minimum atomic E-state index is -0.574. The minimum Gasteiger partial charge on any atom is -0.384 e. The van der Waals surface area contributed by atoms with E-state index in [4.69, 9.17) is 16.4 Å². The highest BCUT2D eigenvalue weighted by Gasteiger charge is 2.34. The van der Waals surface area contributed by atoms with E-state index in [9.17, 15) is 8.78 Å². The minimum absolute atomic E-state index is 0.0671. The SMILES string of the molecule is C=C1C(c2ccc(Cl)c(-c3cnc(NC)cn3)c2)=NOC1(C)C.C=Cc1c(F)cccc1F. The highest BCUT2D eigenvalue weighted by Crippen LogP contribution is 2.33. The Kier molecular flexibility index (Phi) is 7.23. The van der Waals surface area contributed by atoms with Gasteiger partial charge in [-0.2, -0.15) is 0 Å². The lowest BCUT2D eigenvalue weighted by molar-refractivity contribution is 0.0352. The summed E-state index contributed by atoms with van der Waals surface area (Å²) in [6, 6.07) is 9.36. The van der Waals surface area contributed by atoms with Gasteiger partial charge in [-0.3, -0.25) is 4.98 Å². The summed E-state index contributed by atoms with van der Waals surface area (Å²) >= 11 is 6.33. The largest absolute Gasteiger partial charge is 0.384 e. The van der Waals surface area contributed by atoms with Crippen LogP contribution in [0.15, 0.2) is 72.7 Å². The normalized spacial score (nSPS) is 14.0. The number of hydrogen-bond acceptors (Lipinski definition) is 5. The van der Waals surface area contributed by atoms with E-state index in [1.807, 2.05) is 32.0 Å². The van der Waals surface area contributed by atoms with Gasteiger partial charge in [0.25, 0.3) is 0 Å². The van der Waals surface area contributed by atoms with Gasteiger partial charge in [-0.15, -0.1) is 0 Å². The van der Waals surface area contributed by atoms with Crippen molar-refractivity contribution in [2.45, 2.75) is 19.4 Å². The molecule has 1 aliphatic rings. The van der Waals surface area contributed by atoms with Crippen LogP contribution in [0.4, 0.5) is 14.6 Å². The number of benzene rings is 2. The fourth-order valence-electron chi connectivity index (χ4n) is 2.95. The molecule has 0 saturated carbocycles. The molecule has 0 atom stereocenters. The number of anilines is 1. The first-order valence-electron chi connectivity index (χ1n) is 10.0. The summed E-state index contributed by atoms with van der Waals surface area (Å²) < 4.78 is 25.1. The molecule has 8 heteroatoms. The van der Waals surface area contributed by atoms with Gasteiger partial charge in [0.15, 0.2) is 5.60 Å². The zero-order valence-corrected chi connectivity index (χ0v) is 19.3. The Morgan fingerprint density at radius 1 is 1.09 bits per heavy atom. The smallest absolute Gasteiger partial charge is 0.158 e. The van der Waals surface area contributed by atoms with Crippen molar-refractivity contribution in [3.63, 3.8) is 0 Å². The van der Waals surface area contributed by atoms with Gasteiger partial charge in [-0.1, -0.05) is 48.1 Å². The summed E-state index contributed by atoms with van der Waals surface area (Å²) in [7, 11) is 1.79. The molecule has 0 fully saturated rings. The van der Waals surface area contributed by atoms with Crippen LogP contribution in [0.3, 0.4) is 0 Å². The first kappa shape index (κ1) is 24.1. The molecule has 0 amide bonds. The van der Waals surface area contributed by atoms with E-state index in [1.165, 1.54) is 18.2 Å². The predicted octanol–water partition coefficient (Wildman–Crippen LogP) is 6.52. The standard InChI is InChI=1S/C17H17ClN4O.C8H6F2/c1-10-16(22-23-17(10,2)3)11-5-6-13(18)12(7-11)14-8-21-15(19-4)9-20-14;1-2-6-7(9)4-3-5-8(6)10/h5-9H,1H2,2-4H3,(H,19,21);2-5H,1H2. The molecule has 0 aliphatic carbocycles. The van der Waals surface area contributed by atoms with E-state index in [-0.39, 0.29) is 5.56 Å². The molecule has 2 aromatic carbocycles. The van der Waals surface area contributed by atoms with Crippen LogP contribution in [0.1, 0.15) is 25.0 Å². The number of hydrogen-bond donors (Lipinski definition) is 1. The highest BCUT2D eigenvalue weighted by molar-refractivity contribution is 6.33. The average Bonchev–Trinajstić information content (AvgIpc) is 3.07. The van der Waals surface area contributed by atoms with E-state index >= 15 is 0 Å². The zero-order chi connectivity index (χ0) is 24.2. The Hall–Kier alpha value is -3.58. The second-order valence-electron chi connectivity index (χ2n) is 7.59. The predicted molar refractivity (Wildman–Crippen MR) is 129 cm³/mol. The van der Waals surface area contributed by atoms with Crippen LogP contribution in [-0.2, 0) is 4.84 Å². The fourth-order valence-corrected chi connectivity index (χ4v) is 3.17. The van der Waals surface area contributed by atoms with Gasteiger partial charge in [0.2, 0.25) is 0 Å². The maximum absolute atomic E-state index is 12.5. The van der Waals surface area contributed by atoms with E-state index in [0.717, 1.165) is 28.5 Å². The molecule has 1 N–H and O–H groups in total. The molecule has 170 valence electrons. The zero-order valence-electron chi connectivity index (χ0n) is 18.5. The lowest BCUT2D eigenvalue weighted by Crippen LogP contribution is -2.22. The first-order valence-corrected chi connectivity index (χ1v) is 10.4. The Morgan fingerprint density at radius 3 is 2.27 bits per heavy atom. The van der Waals surface area contributed by atoms with Crippen molar-refractivity contribution in [1.29, 1.82) is 0 Å². The third-order valence-corrected chi connectivity index (χ3v) is 5.33. The van der Waals surface area contributed by atoms with Crippen LogP contribution in [0, 0.1) is 11.6 Å². The molecule has 1 aromatic heterocycles. The lowest BCUT2D eigenvalue weighted by Gasteiger charge is -2.16. The van der Waals surface area contributed by atoms with Crippen molar-refractivity contribution in [1.82, 2.24) is 9.97 Å². The van der Waals surface area contributed by atoms with E-state index in [2.05, 4.69) is 33.6 Å². The molecule has 33 heavy (non-hydrogen) atoms.